The van der Waals surface area contributed by atoms with Crippen LogP contribution in [0.1, 0.15) is 22.3 Å². The van der Waals surface area contributed by atoms with Gasteiger partial charge in [0.2, 0.25) is 0 Å². The van der Waals surface area contributed by atoms with Crippen molar-refractivity contribution < 1.29 is 4.79 Å². The van der Waals surface area contributed by atoms with Gasteiger partial charge in [-0.15, -0.1) is 11.3 Å². The summed E-state index contributed by atoms with van der Waals surface area (Å²) in [4.78, 5) is 16.1. The highest BCUT2D eigenvalue weighted by Gasteiger charge is 2.11. The number of carbonyl (C=O) groups excluding carboxylic acids is 1. The molecule has 0 aliphatic carbocycles. The van der Waals surface area contributed by atoms with Crippen LogP contribution in [0.15, 0.2) is 18.2 Å². The summed E-state index contributed by atoms with van der Waals surface area (Å²) in [5, 5.41) is 1.80. The Morgan fingerprint density at radius 1 is 1.35 bits per heavy atom. The molecule has 0 atom stereocenters. The van der Waals surface area contributed by atoms with Crippen LogP contribution in [0.4, 0.5) is 0 Å². The number of aryl methyl sites for hydroxylation is 1. The summed E-state index contributed by atoms with van der Waals surface area (Å²) in [6.07, 6.45) is 1.59. The number of thiazole rings is 1. The Labute approximate surface area is 113 Å². The highest BCUT2D eigenvalue weighted by molar-refractivity contribution is 7.15. The largest absolute Gasteiger partial charge is 0.296 e. The lowest BCUT2D eigenvalue weighted by Crippen LogP contribution is -1.85. The van der Waals surface area contributed by atoms with Gasteiger partial charge in [-0.25, -0.2) is 4.98 Å². The zero-order valence-electron chi connectivity index (χ0n) is 9.04. The fraction of sp³-hybridized carbons (Fsp3) is 0.167. The second kappa shape index (κ2) is 5.17. The van der Waals surface area contributed by atoms with Crippen LogP contribution in [0.25, 0.3) is 10.6 Å². The number of halogens is 2. The van der Waals surface area contributed by atoms with Gasteiger partial charge in [0.25, 0.3) is 0 Å². The number of aldehydes is 1. The Balaban J connectivity index is 2.49. The van der Waals surface area contributed by atoms with Gasteiger partial charge in [0, 0.05) is 10.4 Å². The number of hydrogen-bond donors (Lipinski definition) is 0. The molecule has 1 aromatic carbocycles. The maximum atomic E-state index is 10.8. The average Bonchev–Trinajstić information content (AvgIpc) is 2.75. The van der Waals surface area contributed by atoms with Crippen molar-refractivity contribution in [3.63, 3.8) is 0 Å². The lowest BCUT2D eigenvalue weighted by molar-refractivity contribution is 0.111. The molecule has 1 aromatic heterocycles. The normalized spacial score (nSPS) is 10.5. The minimum absolute atomic E-state index is 0.491. The van der Waals surface area contributed by atoms with Crippen LogP contribution in [0.3, 0.4) is 0 Å². The first kappa shape index (κ1) is 12.6. The van der Waals surface area contributed by atoms with E-state index in [2.05, 4.69) is 4.98 Å². The van der Waals surface area contributed by atoms with Gasteiger partial charge in [0.15, 0.2) is 6.29 Å². The Hall–Kier alpha value is -0.900. The minimum Gasteiger partial charge on any atom is -0.296 e. The molecular weight excluding hydrogens is 277 g/mol. The molecule has 0 aliphatic heterocycles. The Morgan fingerprint density at radius 2 is 2.12 bits per heavy atom. The third-order valence-corrected chi connectivity index (χ3v) is 4.33. The van der Waals surface area contributed by atoms with E-state index in [0.717, 1.165) is 28.2 Å². The van der Waals surface area contributed by atoms with Gasteiger partial charge in [-0.3, -0.25) is 4.79 Å². The van der Waals surface area contributed by atoms with Gasteiger partial charge in [-0.1, -0.05) is 36.2 Å². The van der Waals surface area contributed by atoms with Crippen molar-refractivity contribution in [3.05, 3.63) is 38.8 Å². The first-order valence-electron chi connectivity index (χ1n) is 5.06. The van der Waals surface area contributed by atoms with E-state index < -0.39 is 0 Å². The zero-order valence-corrected chi connectivity index (χ0v) is 11.4. The number of carbonyl (C=O) groups is 1. The molecule has 0 radical (unpaired) electrons. The molecular formula is C12H9Cl2NOS. The van der Waals surface area contributed by atoms with E-state index in [1.165, 1.54) is 11.3 Å². The molecule has 0 unspecified atom stereocenters. The molecule has 2 rings (SSSR count). The fourth-order valence-electron chi connectivity index (χ4n) is 1.46. The second-order valence-corrected chi connectivity index (χ2v) is 5.33. The summed E-state index contributed by atoms with van der Waals surface area (Å²) in [5.74, 6) is 0. The minimum atomic E-state index is 0.491. The van der Waals surface area contributed by atoms with Crippen LogP contribution in [0.5, 0.6) is 0 Å². The van der Waals surface area contributed by atoms with Crippen LogP contribution in [0, 0.1) is 0 Å². The summed E-state index contributed by atoms with van der Waals surface area (Å²) in [5.41, 5.74) is 1.39. The topological polar surface area (TPSA) is 30.0 Å². The molecule has 1 heterocycles. The molecule has 0 amide bonds. The van der Waals surface area contributed by atoms with E-state index >= 15 is 0 Å². The lowest BCUT2D eigenvalue weighted by atomic mass is 10.2. The summed E-state index contributed by atoms with van der Waals surface area (Å²) in [6, 6.07) is 5.34. The predicted octanol–water partition coefficient (Wildman–Crippen LogP) is 4.49. The number of aromatic nitrogens is 1. The molecule has 0 aliphatic rings. The Kier molecular flexibility index (Phi) is 3.82. The van der Waals surface area contributed by atoms with Crippen molar-refractivity contribution in [2.45, 2.75) is 13.3 Å². The van der Waals surface area contributed by atoms with Gasteiger partial charge in [0.05, 0.1) is 10.0 Å². The molecule has 0 bridgehead atoms. The van der Waals surface area contributed by atoms with Crippen LogP contribution in [-0.2, 0) is 6.42 Å². The van der Waals surface area contributed by atoms with Crippen LogP contribution in [0.2, 0.25) is 10.0 Å². The SMILES string of the molecule is CCc1sc(-c2ccc(Cl)c(Cl)c2)nc1C=O. The molecule has 5 heteroatoms. The standard InChI is InChI=1S/C12H9Cl2NOS/c1-2-11-10(6-16)15-12(17-11)7-3-4-8(13)9(14)5-7/h3-6H,2H2,1H3. The summed E-state index contributed by atoms with van der Waals surface area (Å²) < 4.78 is 0. The third kappa shape index (κ3) is 2.51. The van der Waals surface area contributed by atoms with Crippen LogP contribution >= 0.6 is 34.5 Å². The van der Waals surface area contributed by atoms with E-state index in [0.29, 0.717) is 15.7 Å². The first-order valence-corrected chi connectivity index (χ1v) is 6.63. The number of hydrogen-bond acceptors (Lipinski definition) is 3. The van der Waals surface area contributed by atoms with E-state index in [1.54, 1.807) is 12.1 Å². The van der Waals surface area contributed by atoms with E-state index in [1.807, 2.05) is 13.0 Å². The van der Waals surface area contributed by atoms with Crippen molar-refractivity contribution in [1.82, 2.24) is 4.98 Å². The van der Waals surface area contributed by atoms with Gasteiger partial charge in [-0.05, 0) is 18.6 Å². The van der Waals surface area contributed by atoms with Crippen molar-refractivity contribution in [3.8, 4) is 10.6 Å². The maximum Gasteiger partial charge on any atom is 0.169 e. The molecule has 0 spiro atoms. The molecule has 2 nitrogen and oxygen atoms in total. The monoisotopic (exact) mass is 285 g/mol. The van der Waals surface area contributed by atoms with Crippen molar-refractivity contribution in [1.29, 1.82) is 0 Å². The summed E-state index contributed by atoms with van der Waals surface area (Å²) >= 11 is 13.3. The second-order valence-electron chi connectivity index (χ2n) is 3.43. The lowest BCUT2D eigenvalue weighted by Gasteiger charge is -1.98. The Bertz CT molecular complexity index is 566. The van der Waals surface area contributed by atoms with Crippen molar-refractivity contribution in [2.75, 3.05) is 0 Å². The van der Waals surface area contributed by atoms with Crippen molar-refractivity contribution >= 4 is 40.8 Å². The van der Waals surface area contributed by atoms with Gasteiger partial charge in [-0.2, -0.15) is 0 Å². The van der Waals surface area contributed by atoms with Crippen LogP contribution < -0.4 is 0 Å². The zero-order chi connectivity index (χ0) is 12.4. The summed E-state index contributed by atoms with van der Waals surface area (Å²) in [7, 11) is 0. The Morgan fingerprint density at radius 3 is 2.65 bits per heavy atom. The molecule has 88 valence electrons. The smallest absolute Gasteiger partial charge is 0.169 e. The molecule has 0 saturated carbocycles. The molecule has 2 aromatic rings. The highest BCUT2D eigenvalue weighted by atomic mass is 35.5. The number of benzene rings is 1. The van der Waals surface area contributed by atoms with Gasteiger partial charge in [0.1, 0.15) is 10.7 Å². The first-order chi connectivity index (χ1) is 8.15. The van der Waals surface area contributed by atoms with Crippen molar-refractivity contribution in [2.24, 2.45) is 0 Å². The maximum absolute atomic E-state index is 10.8. The number of rotatable bonds is 3. The third-order valence-electron chi connectivity index (χ3n) is 2.33. The van der Waals surface area contributed by atoms with E-state index in [9.17, 15) is 4.79 Å². The van der Waals surface area contributed by atoms with Gasteiger partial charge >= 0.3 is 0 Å². The average molecular weight is 286 g/mol. The van der Waals surface area contributed by atoms with E-state index in [-0.39, 0.29) is 0 Å². The number of nitrogens with zero attached hydrogens (tertiary/aromatic N) is 1. The van der Waals surface area contributed by atoms with Crippen LogP contribution in [-0.4, -0.2) is 11.3 Å². The molecule has 0 fully saturated rings. The van der Waals surface area contributed by atoms with Gasteiger partial charge < -0.3 is 0 Å². The molecule has 0 N–H and O–H groups in total. The fourth-order valence-corrected chi connectivity index (χ4v) is 2.72. The van der Waals surface area contributed by atoms with E-state index in [4.69, 9.17) is 23.2 Å². The quantitative estimate of drug-likeness (QED) is 0.778. The highest BCUT2D eigenvalue weighted by Crippen LogP contribution is 2.32. The summed E-state index contributed by atoms with van der Waals surface area (Å²) in [6.45, 7) is 2.00. The molecule has 0 saturated heterocycles. The predicted molar refractivity (Wildman–Crippen MR) is 72.3 cm³/mol. The molecule has 17 heavy (non-hydrogen) atoms.